The molecule has 25 heavy (non-hydrogen) atoms. The Morgan fingerprint density at radius 3 is 2.60 bits per heavy atom. The lowest BCUT2D eigenvalue weighted by Crippen LogP contribution is -2.54. The van der Waals surface area contributed by atoms with Crippen LogP contribution in [-0.2, 0) is 11.3 Å². The molecule has 4 heterocycles. The highest BCUT2D eigenvalue weighted by Crippen LogP contribution is 2.41. The highest BCUT2D eigenvalue weighted by molar-refractivity contribution is 5.77. The molecule has 0 radical (unpaired) electrons. The molecule has 0 bridgehead atoms. The van der Waals surface area contributed by atoms with Crippen LogP contribution < -0.4 is 0 Å². The van der Waals surface area contributed by atoms with E-state index in [9.17, 15) is 4.79 Å². The van der Waals surface area contributed by atoms with Crippen LogP contribution in [0.3, 0.4) is 0 Å². The fourth-order valence-corrected chi connectivity index (χ4v) is 4.88. The number of nitrogens with zero attached hydrogens (tertiary/aromatic N) is 4. The Morgan fingerprint density at radius 1 is 1.16 bits per heavy atom. The number of likely N-dealkylation sites (N-methyl/N-ethyl adjacent to an activating group) is 1. The van der Waals surface area contributed by atoms with Gasteiger partial charge in [-0.15, -0.1) is 0 Å². The average molecular weight is 342 g/mol. The maximum atomic E-state index is 12.5. The first-order valence-electron chi connectivity index (χ1n) is 9.73. The molecule has 5 nitrogen and oxygen atoms in total. The number of likely N-dealkylation sites (tertiary alicyclic amines) is 3. The number of carbonyl (C=O) groups is 1. The summed E-state index contributed by atoms with van der Waals surface area (Å²) in [7, 11) is 2.17. The Balaban J connectivity index is 1.36. The van der Waals surface area contributed by atoms with Gasteiger partial charge in [-0.1, -0.05) is 0 Å². The van der Waals surface area contributed by atoms with Gasteiger partial charge < -0.3 is 9.80 Å². The summed E-state index contributed by atoms with van der Waals surface area (Å²) in [6, 6.07) is 4.67. The summed E-state index contributed by atoms with van der Waals surface area (Å²) in [5, 5.41) is 0. The Kier molecular flexibility index (Phi) is 4.78. The monoisotopic (exact) mass is 342 g/mol. The molecule has 1 aromatic rings. The zero-order valence-electron chi connectivity index (χ0n) is 15.4. The summed E-state index contributed by atoms with van der Waals surface area (Å²) in [5.74, 6) is 0.394. The van der Waals surface area contributed by atoms with Crippen LogP contribution in [0.4, 0.5) is 0 Å². The van der Waals surface area contributed by atoms with E-state index in [0.717, 1.165) is 58.5 Å². The maximum absolute atomic E-state index is 12.5. The van der Waals surface area contributed by atoms with Crippen LogP contribution in [0.15, 0.2) is 24.5 Å². The number of rotatable bonds is 3. The molecular weight excluding hydrogens is 312 g/mol. The van der Waals surface area contributed by atoms with Crippen molar-refractivity contribution >= 4 is 5.91 Å². The van der Waals surface area contributed by atoms with E-state index < -0.39 is 0 Å². The van der Waals surface area contributed by atoms with Crippen molar-refractivity contribution in [3.8, 4) is 0 Å². The molecule has 4 rings (SSSR count). The molecule has 0 unspecified atom stereocenters. The van der Waals surface area contributed by atoms with Crippen molar-refractivity contribution in [2.75, 3.05) is 39.8 Å². The van der Waals surface area contributed by atoms with E-state index in [4.69, 9.17) is 0 Å². The van der Waals surface area contributed by atoms with E-state index in [1.54, 1.807) is 0 Å². The summed E-state index contributed by atoms with van der Waals surface area (Å²) in [4.78, 5) is 23.8. The predicted octanol–water partition coefficient (Wildman–Crippen LogP) is 1.99. The van der Waals surface area contributed by atoms with E-state index in [2.05, 4.69) is 38.9 Å². The third kappa shape index (κ3) is 3.72. The van der Waals surface area contributed by atoms with Gasteiger partial charge in [0.15, 0.2) is 0 Å². The fraction of sp³-hybridized carbons (Fsp3) is 0.700. The number of hydrogen-bond acceptors (Lipinski definition) is 4. The van der Waals surface area contributed by atoms with Crippen LogP contribution in [0, 0.1) is 5.41 Å². The third-order valence-corrected chi connectivity index (χ3v) is 6.57. The standard InChI is InChI=1S/C20H30N4O/c1-22-11-5-18(15-22)24-16-20(6-2-19(24)25)7-12-23(13-8-20)14-17-3-9-21-10-4-17/h3-4,9-10,18H,2,5-8,11-16H2,1H3/t18-/m0/s1. The van der Waals surface area contributed by atoms with E-state index >= 15 is 0 Å². The summed E-state index contributed by atoms with van der Waals surface area (Å²) in [5.41, 5.74) is 1.71. The molecule has 5 heteroatoms. The van der Waals surface area contributed by atoms with Crippen molar-refractivity contribution in [1.29, 1.82) is 0 Å². The largest absolute Gasteiger partial charge is 0.338 e. The van der Waals surface area contributed by atoms with Gasteiger partial charge in [-0.05, 0) is 75.5 Å². The van der Waals surface area contributed by atoms with Crippen molar-refractivity contribution in [2.24, 2.45) is 5.41 Å². The Morgan fingerprint density at radius 2 is 1.92 bits per heavy atom. The topological polar surface area (TPSA) is 39.7 Å². The first kappa shape index (κ1) is 17.0. The molecule has 3 saturated heterocycles. The van der Waals surface area contributed by atoms with Crippen molar-refractivity contribution in [3.05, 3.63) is 30.1 Å². The van der Waals surface area contributed by atoms with Crippen LogP contribution in [0.2, 0.25) is 0 Å². The smallest absolute Gasteiger partial charge is 0.222 e. The maximum Gasteiger partial charge on any atom is 0.222 e. The molecule has 1 amide bonds. The van der Waals surface area contributed by atoms with Gasteiger partial charge in [0.25, 0.3) is 0 Å². The van der Waals surface area contributed by atoms with Crippen LogP contribution >= 0.6 is 0 Å². The molecule has 3 aliphatic heterocycles. The second-order valence-corrected chi connectivity index (χ2v) is 8.36. The average Bonchev–Trinajstić information content (AvgIpc) is 3.07. The Bertz CT molecular complexity index is 597. The lowest BCUT2D eigenvalue weighted by Gasteiger charge is -2.49. The quantitative estimate of drug-likeness (QED) is 0.842. The molecule has 0 aliphatic carbocycles. The molecular formula is C20H30N4O. The summed E-state index contributed by atoms with van der Waals surface area (Å²) >= 11 is 0. The second-order valence-electron chi connectivity index (χ2n) is 8.36. The van der Waals surface area contributed by atoms with E-state index in [-0.39, 0.29) is 0 Å². The van der Waals surface area contributed by atoms with Crippen molar-refractivity contribution in [3.63, 3.8) is 0 Å². The summed E-state index contributed by atoms with van der Waals surface area (Å²) in [6.45, 7) is 6.49. The number of pyridine rings is 1. The molecule has 136 valence electrons. The summed E-state index contributed by atoms with van der Waals surface area (Å²) in [6.07, 6.45) is 9.20. The van der Waals surface area contributed by atoms with Gasteiger partial charge in [-0.2, -0.15) is 0 Å². The summed E-state index contributed by atoms with van der Waals surface area (Å²) < 4.78 is 0. The number of hydrogen-bond donors (Lipinski definition) is 0. The van der Waals surface area contributed by atoms with Crippen LogP contribution in [0.1, 0.15) is 37.7 Å². The molecule has 3 fully saturated rings. The van der Waals surface area contributed by atoms with Crippen molar-refractivity contribution in [1.82, 2.24) is 19.7 Å². The molecule has 0 aromatic carbocycles. The van der Waals surface area contributed by atoms with Gasteiger partial charge in [-0.25, -0.2) is 0 Å². The van der Waals surface area contributed by atoms with Crippen LogP contribution in [-0.4, -0.2) is 71.4 Å². The highest BCUT2D eigenvalue weighted by Gasteiger charge is 2.43. The molecule has 3 aliphatic rings. The first-order valence-corrected chi connectivity index (χ1v) is 9.73. The number of carbonyl (C=O) groups excluding carboxylic acids is 1. The van der Waals surface area contributed by atoms with E-state index in [1.807, 2.05) is 12.4 Å². The molecule has 1 atom stereocenters. The number of amides is 1. The minimum Gasteiger partial charge on any atom is -0.338 e. The lowest BCUT2D eigenvalue weighted by atomic mass is 9.72. The molecule has 1 aromatic heterocycles. The Hall–Kier alpha value is -1.46. The van der Waals surface area contributed by atoms with Gasteiger partial charge >= 0.3 is 0 Å². The number of aromatic nitrogens is 1. The zero-order chi connectivity index (χ0) is 17.3. The molecule has 0 N–H and O–H groups in total. The zero-order valence-corrected chi connectivity index (χ0v) is 15.4. The predicted molar refractivity (Wildman–Crippen MR) is 98.0 cm³/mol. The SMILES string of the molecule is CN1CC[C@H](N2CC3(CCC2=O)CCN(Cc2ccncc2)CC3)C1. The normalized spacial score (nSPS) is 28.0. The van der Waals surface area contributed by atoms with E-state index in [0.29, 0.717) is 17.4 Å². The van der Waals surface area contributed by atoms with Gasteiger partial charge in [0.1, 0.15) is 0 Å². The van der Waals surface area contributed by atoms with E-state index in [1.165, 1.54) is 18.4 Å². The third-order valence-electron chi connectivity index (χ3n) is 6.57. The van der Waals surface area contributed by atoms with Gasteiger partial charge in [0.05, 0.1) is 0 Å². The molecule has 1 spiro atoms. The first-order chi connectivity index (χ1) is 12.1. The van der Waals surface area contributed by atoms with Crippen LogP contribution in [0.25, 0.3) is 0 Å². The molecule has 0 saturated carbocycles. The number of piperidine rings is 2. The van der Waals surface area contributed by atoms with Gasteiger partial charge in [0.2, 0.25) is 5.91 Å². The van der Waals surface area contributed by atoms with Gasteiger partial charge in [-0.3, -0.25) is 14.7 Å². The minimum atomic E-state index is 0.365. The lowest BCUT2D eigenvalue weighted by molar-refractivity contribution is -0.142. The fourth-order valence-electron chi connectivity index (χ4n) is 4.88. The van der Waals surface area contributed by atoms with Crippen molar-refractivity contribution in [2.45, 2.75) is 44.7 Å². The van der Waals surface area contributed by atoms with Crippen molar-refractivity contribution < 1.29 is 4.79 Å². The minimum absolute atomic E-state index is 0.365. The highest BCUT2D eigenvalue weighted by atomic mass is 16.2. The van der Waals surface area contributed by atoms with Crippen LogP contribution in [0.5, 0.6) is 0 Å². The Labute approximate surface area is 151 Å². The van der Waals surface area contributed by atoms with Gasteiger partial charge in [0, 0.05) is 44.5 Å². The second kappa shape index (κ2) is 7.04.